The van der Waals surface area contributed by atoms with E-state index in [1.165, 1.54) is 12.1 Å². The number of benzene rings is 1. The fraction of sp³-hybridized carbons (Fsp3) is 0.417. The summed E-state index contributed by atoms with van der Waals surface area (Å²) in [5.41, 5.74) is -0.0353. The quantitative estimate of drug-likeness (QED) is 0.525. The molecule has 6 nitrogen and oxygen atoms in total. The topological polar surface area (TPSA) is 92.7 Å². The number of rotatable bonds is 7. The Bertz CT molecular complexity index is 586. The number of hydrogen-bond acceptors (Lipinski definition) is 4. The summed E-state index contributed by atoms with van der Waals surface area (Å²) < 4.78 is 32.1. The maximum Gasteiger partial charge on any atom is 0.336 e. The zero-order valence-electron chi connectivity index (χ0n) is 11.1. The van der Waals surface area contributed by atoms with Crippen LogP contribution in [0.2, 0.25) is 0 Å². The molecule has 0 unspecified atom stereocenters. The Hall–Kier alpha value is -0.710. The molecule has 0 aliphatic rings. The van der Waals surface area contributed by atoms with E-state index in [0.717, 1.165) is 6.07 Å². The van der Waals surface area contributed by atoms with E-state index in [9.17, 15) is 13.2 Å². The van der Waals surface area contributed by atoms with E-state index in [4.69, 9.17) is 9.84 Å². The largest absolute Gasteiger partial charge is 0.478 e. The minimum atomic E-state index is -3.73. The van der Waals surface area contributed by atoms with E-state index in [2.05, 4.69) is 4.72 Å². The van der Waals surface area contributed by atoms with Crippen LogP contribution in [0, 0.1) is 3.57 Å². The molecule has 0 aliphatic carbocycles. The van der Waals surface area contributed by atoms with E-state index < -0.39 is 16.0 Å². The monoisotopic (exact) mass is 413 g/mol. The van der Waals surface area contributed by atoms with Crippen LogP contribution in [0.4, 0.5) is 0 Å². The Morgan fingerprint density at radius 1 is 1.45 bits per heavy atom. The Morgan fingerprint density at radius 2 is 2.10 bits per heavy atom. The fourth-order valence-electron chi connectivity index (χ4n) is 1.39. The van der Waals surface area contributed by atoms with Gasteiger partial charge in [0.25, 0.3) is 0 Å². The lowest BCUT2D eigenvalue weighted by molar-refractivity contribution is 0.0695. The van der Waals surface area contributed by atoms with Crippen LogP contribution in [0.1, 0.15) is 24.2 Å². The first-order valence-corrected chi connectivity index (χ1v) is 8.44. The van der Waals surface area contributed by atoms with Gasteiger partial charge in [-0.15, -0.1) is 0 Å². The van der Waals surface area contributed by atoms with E-state index in [1.807, 2.05) is 36.4 Å². The van der Waals surface area contributed by atoms with Crippen LogP contribution in [0.3, 0.4) is 0 Å². The van der Waals surface area contributed by atoms with Gasteiger partial charge in [0.2, 0.25) is 10.0 Å². The SMILES string of the molecule is CC(C)OCCNS(=O)(=O)c1ccc(I)c(C(=O)O)c1. The summed E-state index contributed by atoms with van der Waals surface area (Å²) in [6, 6.07) is 3.98. The van der Waals surface area contributed by atoms with Gasteiger partial charge in [-0.3, -0.25) is 0 Å². The van der Waals surface area contributed by atoms with Crippen LogP contribution in [-0.2, 0) is 14.8 Å². The molecule has 0 aliphatic heterocycles. The van der Waals surface area contributed by atoms with E-state index >= 15 is 0 Å². The van der Waals surface area contributed by atoms with Gasteiger partial charge in [0.05, 0.1) is 23.2 Å². The molecule has 8 heteroatoms. The molecule has 0 radical (unpaired) electrons. The Labute approximate surface area is 131 Å². The first-order valence-electron chi connectivity index (χ1n) is 5.88. The van der Waals surface area contributed by atoms with E-state index in [0.29, 0.717) is 3.57 Å². The first kappa shape index (κ1) is 17.3. The van der Waals surface area contributed by atoms with Crippen molar-refractivity contribution in [2.24, 2.45) is 0 Å². The van der Waals surface area contributed by atoms with Gasteiger partial charge in [0.15, 0.2) is 0 Å². The van der Waals surface area contributed by atoms with Crippen molar-refractivity contribution in [1.29, 1.82) is 0 Å². The molecule has 0 aromatic heterocycles. The van der Waals surface area contributed by atoms with Gasteiger partial charge in [-0.1, -0.05) is 0 Å². The third-order valence-corrected chi connectivity index (χ3v) is 4.72. The van der Waals surface area contributed by atoms with Gasteiger partial charge < -0.3 is 9.84 Å². The molecule has 0 spiro atoms. The average molecular weight is 413 g/mol. The van der Waals surface area contributed by atoms with E-state index in [1.54, 1.807) is 0 Å². The minimum Gasteiger partial charge on any atom is -0.478 e. The van der Waals surface area contributed by atoms with Crippen molar-refractivity contribution in [3.05, 3.63) is 27.3 Å². The van der Waals surface area contributed by atoms with E-state index in [-0.39, 0.29) is 29.7 Å². The number of carboxylic acids is 1. The maximum absolute atomic E-state index is 12.0. The van der Waals surface area contributed by atoms with Crippen molar-refractivity contribution in [2.75, 3.05) is 13.2 Å². The number of nitrogens with one attached hydrogen (secondary N) is 1. The number of sulfonamides is 1. The second-order valence-electron chi connectivity index (χ2n) is 4.26. The minimum absolute atomic E-state index is 0.0245. The summed E-state index contributed by atoms with van der Waals surface area (Å²) in [5, 5.41) is 8.99. The molecular weight excluding hydrogens is 397 g/mol. The predicted octanol–water partition coefficient (Wildman–Crippen LogP) is 1.69. The number of carbonyl (C=O) groups is 1. The zero-order chi connectivity index (χ0) is 15.3. The molecule has 20 heavy (non-hydrogen) atoms. The second kappa shape index (κ2) is 7.34. The van der Waals surface area contributed by atoms with Crippen molar-refractivity contribution >= 4 is 38.6 Å². The van der Waals surface area contributed by atoms with Gasteiger partial charge in [0.1, 0.15) is 0 Å². The van der Waals surface area contributed by atoms with Gasteiger partial charge >= 0.3 is 5.97 Å². The predicted molar refractivity (Wildman–Crippen MR) is 82.4 cm³/mol. The van der Waals surface area contributed by atoms with Gasteiger partial charge in [-0.25, -0.2) is 17.9 Å². The highest BCUT2D eigenvalue weighted by molar-refractivity contribution is 14.1. The lowest BCUT2D eigenvalue weighted by Crippen LogP contribution is -2.28. The number of hydrogen-bond donors (Lipinski definition) is 2. The van der Waals surface area contributed by atoms with Crippen LogP contribution < -0.4 is 4.72 Å². The molecule has 1 aromatic carbocycles. The molecule has 0 fully saturated rings. The molecule has 0 heterocycles. The van der Waals surface area contributed by atoms with Crippen LogP contribution in [0.15, 0.2) is 23.1 Å². The highest BCUT2D eigenvalue weighted by Crippen LogP contribution is 2.17. The molecule has 0 saturated carbocycles. The number of aromatic carboxylic acids is 1. The molecule has 112 valence electrons. The lowest BCUT2D eigenvalue weighted by Gasteiger charge is -2.10. The highest BCUT2D eigenvalue weighted by atomic mass is 127. The Kier molecular flexibility index (Phi) is 6.37. The van der Waals surface area contributed by atoms with Crippen LogP contribution in [0.5, 0.6) is 0 Å². The van der Waals surface area contributed by atoms with Crippen molar-refractivity contribution in [2.45, 2.75) is 24.8 Å². The summed E-state index contributed by atoms with van der Waals surface area (Å²) >= 11 is 1.85. The maximum atomic E-state index is 12.0. The summed E-state index contributed by atoms with van der Waals surface area (Å²) in [7, 11) is -3.73. The molecule has 0 bridgehead atoms. The summed E-state index contributed by atoms with van der Waals surface area (Å²) in [6.07, 6.45) is 0.0245. The van der Waals surface area contributed by atoms with Crippen LogP contribution >= 0.6 is 22.6 Å². The van der Waals surface area contributed by atoms with Gasteiger partial charge in [-0.05, 0) is 54.6 Å². The van der Waals surface area contributed by atoms with Crippen LogP contribution in [-0.4, -0.2) is 38.7 Å². The highest BCUT2D eigenvalue weighted by Gasteiger charge is 2.17. The van der Waals surface area contributed by atoms with Crippen molar-refractivity contribution < 1.29 is 23.1 Å². The average Bonchev–Trinajstić information content (AvgIpc) is 2.34. The summed E-state index contributed by atoms with van der Waals surface area (Å²) in [5.74, 6) is -1.16. The number of halogens is 1. The second-order valence-corrected chi connectivity index (χ2v) is 7.19. The molecule has 0 saturated heterocycles. The summed E-state index contributed by atoms with van der Waals surface area (Å²) in [6.45, 7) is 4.10. The Morgan fingerprint density at radius 3 is 2.65 bits per heavy atom. The smallest absolute Gasteiger partial charge is 0.336 e. The fourth-order valence-corrected chi connectivity index (χ4v) is 2.99. The molecule has 1 rings (SSSR count). The summed E-state index contributed by atoms with van der Waals surface area (Å²) in [4.78, 5) is 10.9. The number of ether oxygens (including phenoxy) is 1. The molecular formula is C12H16INO5S. The molecule has 2 N–H and O–H groups in total. The standard InChI is InChI=1S/C12H16INO5S/c1-8(2)19-6-5-14-20(17,18)9-3-4-11(13)10(7-9)12(15)16/h3-4,7-8,14H,5-6H2,1-2H3,(H,15,16). The normalized spacial score (nSPS) is 11.8. The molecule has 0 atom stereocenters. The first-order chi connectivity index (χ1) is 9.24. The van der Waals surface area contributed by atoms with Crippen molar-refractivity contribution in [1.82, 2.24) is 4.72 Å². The van der Waals surface area contributed by atoms with Gasteiger partial charge in [0, 0.05) is 10.1 Å². The zero-order valence-corrected chi connectivity index (χ0v) is 14.1. The van der Waals surface area contributed by atoms with Crippen molar-refractivity contribution in [3.63, 3.8) is 0 Å². The number of carboxylic acid groups (broad SMARTS) is 1. The Balaban J connectivity index is 2.82. The molecule has 1 aromatic rings. The lowest BCUT2D eigenvalue weighted by atomic mass is 10.2. The molecule has 0 amide bonds. The third kappa shape index (κ3) is 5.00. The van der Waals surface area contributed by atoms with Crippen LogP contribution in [0.25, 0.3) is 0 Å². The van der Waals surface area contributed by atoms with Gasteiger partial charge in [-0.2, -0.15) is 0 Å². The third-order valence-electron chi connectivity index (χ3n) is 2.32. The van der Waals surface area contributed by atoms with Crippen molar-refractivity contribution in [3.8, 4) is 0 Å².